The Labute approximate surface area is 160 Å². The maximum Gasteiger partial charge on any atom is 0.187 e. The molecule has 0 aliphatic carbocycles. The second-order valence-electron chi connectivity index (χ2n) is 5.86. The van der Waals surface area contributed by atoms with Gasteiger partial charge < -0.3 is 20.9 Å². The van der Waals surface area contributed by atoms with E-state index in [4.69, 9.17) is 10.5 Å². The summed E-state index contributed by atoms with van der Waals surface area (Å²) in [7, 11) is 0. The Morgan fingerprint density at radius 2 is 2.12 bits per heavy atom. The molecule has 0 bridgehead atoms. The number of benzene rings is 1. The zero-order valence-electron chi connectivity index (χ0n) is 14.9. The summed E-state index contributed by atoms with van der Waals surface area (Å²) in [5.41, 5.74) is 8.84. The van der Waals surface area contributed by atoms with Crippen LogP contribution in [0.1, 0.15) is 35.8 Å². The van der Waals surface area contributed by atoms with Crippen LogP contribution in [0.25, 0.3) is 10.6 Å². The van der Waals surface area contributed by atoms with Gasteiger partial charge in [0.15, 0.2) is 5.13 Å². The van der Waals surface area contributed by atoms with Gasteiger partial charge in [-0.15, -0.1) is 22.7 Å². The van der Waals surface area contributed by atoms with E-state index in [0.29, 0.717) is 17.9 Å². The molecule has 0 aliphatic heterocycles. The van der Waals surface area contributed by atoms with Crippen LogP contribution in [0.3, 0.4) is 0 Å². The summed E-state index contributed by atoms with van der Waals surface area (Å²) in [4.78, 5) is 10.2. The highest BCUT2D eigenvalue weighted by Gasteiger charge is 2.14. The number of nitrogens with zero attached hydrogens (tertiary/aromatic N) is 2. The average molecular weight is 391 g/mol. The third kappa shape index (κ3) is 4.21. The summed E-state index contributed by atoms with van der Waals surface area (Å²) in [6.45, 7) is 6.65. The number of hydrogen-bond donors (Lipinski definition) is 3. The van der Waals surface area contributed by atoms with Crippen molar-refractivity contribution >= 4 is 33.5 Å². The quantitative estimate of drug-likeness (QED) is 0.519. The molecule has 8 heteroatoms. The number of hydrogen-bond acceptors (Lipinski definition) is 8. The number of aliphatic hydroxyl groups excluding tert-OH is 1. The molecule has 0 radical (unpaired) electrons. The first-order valence-electron chi connectivity index (χ1n) is 8.35. The second kappa shape index (κ2) is 8.13. The van der Waals surface area contributed by atoms with Gasteiger partial charge in [-0.1, -0.05) is 13.0 Å². The third-order valence-electron chi connectivity index (χ3n) is 3.69. The van der Waals surface area contributed by atoms with Gasteiger partial charge in [0.2, 0.25) is 0 Å². The summed E-state index contributed by atoms with van der Waals surface area (Å²) in [5, 5.41) is 16.7. The Kier molecular flexibility index (Phi) is 5.87. The van der Waals surface area contributed by atoms with E-state index in [9.17, 15) is 5.11 Å². The maximum atomic E-state index is 9.66. The average Bonchev–Trinajstić information content (AvgIpc) is 3.19. The van der Waals surface area contributed by atoms with Crippen molar-refractivity contribution in [2.45, 2.75) is 33.4 Å². The summed E-state index contributed by atoms with van der Waals surface area (Å²) < 4.78 is 5.79. The number of anilines is 2. The van der Waals surface area contributed by atoms with E-state index in [1.165, 1.54) is 11.3 Å². The molecule has 2 aromatic heterocycles. The second-order valence-corrected chi connectivity index (χ2v) is 7.92. The zero-order valence-corrected chi connectivity index (χ0v) is 16.6. The van der Waals surface area contributed by atoms with Gasteiger partial charge >= 0.3 is 0 Å². The van der Waals surface area contributed by atoms with Gasteiger partial charge in [-0.2, -0.15) is 0 Å². The van der Waals surface area contributed by atoms with Crippen molar-refractivity contribution in [1.29, 1.82) is 0 Å². The molecule has 2 heterocycles. The molecular formula is C18H22N4O2S2. The van der Waals surface area contributed by atoms with Crippen LogP contribution >= 0.6 is 22.7 Å². The smallest absolute Gasteiger partial charge is 0.187 e. The number of nitrogens with two attached hydrogens (primary N) is 1. The molecule has 0 fully saturated rings. The molecule has 138 valence electrons. The van der Waals surface area contributed by atoms with E-state index in [-0.39, 0.29) is 0 Å². The standard InChI is InChI=1S/C18H22N4O2S2/c1-4-7-24-15-6-5-12(17(19)23)8-13(15)21-18-22-14(9-25-18)16-10(2)20-11(3)26-16/h5-6,8-9,17,23H,4,7,19H2,1-3H3,(H,21,22). The summed E-state index contributed by atoms with van der Waals surface area (Å²) in [6, 6.07) is 5.37. The Morgan fingerprint density at radius 1 is 1.31 bits per heavy atom. The first kappa shape index (κ1) is 18.8. The van der Waals surface area contributed by atoms with Gasteiger partial charge in [-0.05, 0) is 38.0 Å². The lowest BCUT2D eigenvalue weighted by molar-refractivity contribution is 0.186. The van der Waals surface area contributed by atoms with Crippen LogP contribution in [0, 0.1) is 13.8 Å². The van der Waals surface area contributed by atoms with Gasteiger partial charge in [0, 0.05) is 5.38 Å². The van der Waals surface area contributed by atoms with Crippen molar-refractivity contribution < 1.29 is 9.84 Å². The van der Waals surface area contributed by atoms with E-state index >= 15 is 0 Å². The van der Waals surface area contributed by atoms with Crippen LogP contribution in [0.2, 0.25) is 0 Å². The van der Waals surface area contributed by atoms with Crippen LogP contribution in [-0.4, -0.2) is 21.7 Å². The van der Waals surface area contributed by atoms with E-state index in [1.54, 1.807) is 23.5 Å². The van der Waals surface area contributed by atoms with E-state index < -0.39 is 6.23 Å². The Morgan fingerprint density at radius 3 is 2.77 bits per heavy atom. The van der Waals surface area contributed by atoms with Crippen molar-refractivity contribution in [2.24, 2.45) is 5.73 Å². The summed E-state index contributed by atoms with van der Waals surface area (Å²) in [6.07, 6.45) is -0.128. The topological polar surface area (TPSA) is 93.3 Å². The largest absolute Gasteiger partial charge is 0.491 e. The fourth-order valence-electron chi connectivity index (χ4n) is 2.49. The minimum Gasteiger partial charge on any atom is -0.491 e. The van der Waals surface area contributed by atoms with Crippen LogP contribution < -0.4 is 15.8 Å². The normalized spacial score (nSPS) is 12.2. The van der Waals surface area contributed by atoms with Crippen LogP contribution in [0.4, 0.5) is 10.8 Å². The third-order valence-corrected chi connectivity index (χ3v) is 5.54. The lowest BCUT2D eigenvalue weighted by atomic mass is 10.1. The predicted molar refractivity (Wildman–Crippen MR) is 107 cm³/mol. The first-order valence-corrected chi connectivity index (χ1v) is 10.0. The molecule has 1 atom stereocenters. The Hall–Kier alpha value is -2.00. The molecule has 4 N–H and O–H groups in total. The van der Waals surface area contributed by atoms with Crippen LogP contribution in [0.5, 0.6) is 5.75 Å². The fraction of sp³-hybridized carbons (Fsp3) is 0.333. The lowest BCUT2D eigenvalue weighted by Gasteiger charge is -2.14. The Bertz CT molecular complexity index is 889. The number of aryl methyl sites for hydroxylation is 2. The number of aromatic nitrogens is 2. The fourth-order valence-corrected chi connectivity index (χ4v) is 4.16. The minimum absolute atomic E-state index is 0.613. The molecule has 26 heavy (non-hydrogen) atoms. The highest BCUT2D eigenvalue weighted by atomic mass is 32.1. The minimum atomic E-state index is -1.04. The van der Waals surface area contributed by atoms with Crippen LogP contribution in [0.15, 0.2) is 23.6 Å². The number of thiazole rings is 2. The van der Waals surface area contributed by atoms with Gasteiger partial charge in [-0.25, -0.2) is 9.97 Å². The number of aliphatic hydroxyl groups is 1. The zero-order chi connectivity index (χ0) is 18.7. The molecule has 0 saturated carbocycles. The molecule has 0 spiro atoms. The van der Waals surface area contributed by atoms with Crippen molar-refractivity contribution in [3.05, 3.63) is 39.8 Å². The van der Waals surface area contributed by atoms with E-state index in [1.807, 2.05) is 25.3 Å². The molecule has 3 rings (SSSR count). The van der Waals surface area contributed by atoms with E-state index in [2.05, 4.69) is 22.2 Å². The molecule has 3 aromatic rings. The molecule has 0 aliphatic rings. The highest BCUT2D eigenvalue weighted by Crippen LogP contribution is 2.35. The van der Waals surface area contributed by atoms with Gasteiger partial charge in [0.1, 0.15) is 12.0 Å². The number of rotatable bonds is 7. The van der Waals surface area contributed by atoms with Crippen molar-refractivity contribution in [2.75, 3.05) is 11.9 Å². The maximum absolute atomic E-state index is 9.66. The van der Waals surface area contributed by atoms with Gasteiger partial charge in [0.05, 0.1) is 33.6 Å². The SMILES string of the molecule is CCCOc1ccc(C(N)O)cc1Nc1nc(-c2sc(C)nc2C)cs1. The van der Waals surface area contributed by atoms with Crippen molar-refractivity contribution in [1.82, 2.24) is 9.97 Å². The lowest BCUT2D eigenvalue weighted by Crippen LogP contribution is -2.09. The molecule has 1 unspecified atom stereocenters. The number of ether oxygens (including phenoxy) is 1. The molecule has 0 amide bonds. The van der Waals surface area contributed by atoms with Crippen molar-refractivity contribution in [3.63, 3.8) is 0 Å². The molecule has 0 saturated heterocycles. The van der Waals surface area contributed by atoms with Crippen molar-refractivity contribution in [3.8, 4) is 16.3 Å². The monoisotopic (exact) mass is 390 g/mol. The first-order chi connectivity index (χ1) is 12.5. The summed E-state index contributed by atoms with van der Waals surface area (Å²) in [5.74, 6) is 0.706. The van der Waals surface area contributed by atoms with Gasteiger partial charge in [0.25, 0.3) is 0 Å². The molecule has 6 nitrogen and oxygen atoms in total. The molecular weight excluding hydrogens is 368 g/mol. The van der Waals surface area contributed by atoms with E-state index in [0.717, 1.165) is 38.5 Å². The number of nitrogens with one attached hydrogen (secondary N) is 1. The highest BCUT2D eigenvalue weighted by molar-refractivity contribution is 7.16. The van der Waals surface area contributed by atoms with Crippen LogP contribution in [-0.2, 0) is 0 Å². The predicted octanol–water partition coefficient (Wildman–Crippen LogP) is 4.37. The van der Waals surface area contributed by atoms with Gasteiger partial charge in [-0.3, -0.25) is 0 Å². The summed E-state index contributed by atoms with van der Waals surface area (Å²) >= 11 is 3.15. The molecule has 1 aromatic carbocycles. The Balaban J connectivity index is 1.88.